The molecular weight excluding hydrogens is 118 g/mol. The van der Waals surface area contributed by atoms with Crippen LogP contribution in [0.2, 0.25) is 0 Å². The Bertz CT molecular complexity index is 177. The van der Waals surface area contributed by atoms with E-state index in [0.717, 1.165) is 0 Å². The highest BCUT2D eigenvalue weighted by molar-refractivity contribution is 5.41. The molecule has 0 aromatic rings. The highest BCUT2D eigenvalue weighted by Crippen LogP contribution is 2.08. The second-order valence-corrected chi connectivity index (χ2v) is 1.62. The first-order chi connectivity index (χ1) is 4.34. The molecule has 0 saturated heterocycles. The number of allylic oxidation sites excluding steroid dienone is 5. The average Bonchev–Trinajstić information content (AvgIpc) is 2.37. The normalized spacial score (nSPS) is 14.6. The fourth-order valence-corrected chi connectivity index (χ4v) is 0.591. The van der Waals surface area contributed by atoms with Crippen molar-refractivity contribution in [2.75, 3.05) is 0 Å². The van der Waals surface area contributed by atoms with Gasteiger partial charge in [0.1, 0.15) is 0 Å². The lowest BCUT2D eigenvalue weighted by Gasteiger charge is -2.07. The van der Waals surface area contributed by atoms with E-state index in [1.165, 1.54) is 5.48 Å². The lowest BCUT2D eigenvalue weighted by atomic mass is 10.3. The Kier molecular flexibility index (Phi) is 1.55. The number of hydrogen-bond acceptors (Lipinski definition) is 3. The molecule has 48 valence electrons. The van der Waals surface area contributed by atoms with E-state index in [-0.39, 0.29) is 5.88 Å². The summed E-state index contributed by atoms with van der Waals surface area (Å²) in [6.45, 7) is 0. The summed E-state index contributed by atoms with van der Waals surface area (Å²) in [4.78, 5) is 0. The Morgan fingerprint density at radius 3 is 2.44 bits per heavy atom. The predicted octanol–water partition coefficient (Wildman–Crippen LogP) is 0.969. The van der Waals surface area contributed by atoms with Crippen molar-refractivity contribution in [1.82, 2.24) is 5.48 Å². The first kappa shape index (κ1) is 5.91. The van der Waals surface area contributed by atoms with Gasteiger partial charge in [0.25, 0.3) is 0 Å². The van der Waals surface area contributed by atoms with Crippen LogP contribution in [0, 0.1) is 5.21 Å². The van der Waals surface area contributed by atoms with Crippen molar-refractivity contribution < 1.29 is 5.11 Å². The molecule has 1 aliphatic carbocycles. The molecule has 2 N–H and O–H groups in total. The van der Waals surface area contributed by atoms with Gasteiger partial charge in [0.05, 0.1) is 0 Å². The maximum absolute atomic E-state index is 9.79. The van der Waals surface area contributed by atoms with Gasteiger partial charge in [-0.3, -0.25) is 0 Å². The Labute approximate surface area is 52.6 Å². The van der Waals surface area contributed by atoms with Gasteiger partial charge in [-0.1, -0.05) is 12.2 Å². The van der Waals surface area contributed by atoms with Crippen molar-refractivity contribution in [3.05, 3.63) is 41.0 Å². The molecule has 0 fully saturated rings. The Balaban J connectivity index is 2.81. The number of aliphatic hydroxyl groups excluding tert-OH is 1. The maximum Gasteiger partial charge on any atom is 0.180 e. The van der Waals surface area contributed by atoms with Crippen LogP contribution in [0.15, 0.2) is 35.8 Å². The average molecular weight is 124 g/mol. The molecule has 1 rings (SSSR count). The molecule has 0 unspecified atom stereocenters. The molecule has 0 bridgehead atoms. The molecule has 3 nitrogen and oxygen atoms in total. The summed E-state index contributed by atoms with van der Waals surface area (Å²) in [5, 5.41) is 18.5. The summed E-state index contributed by atoms with van der Waals surface area (Å²) in [7, 11) is 0. The van der Waals surface area contributed by atoms with Gasteiger partial charge in [-0.15, -0.1) is 0 Å². The van der Waals surface area contributed by atoms with Crippen LogP contribution in [0.3, 0.4) is 0 Å². The van der Waals surface area contributed by atoms with Crippen LogP contribution in [0.1, 0.15) is 0 Å². The van der Waals surface area contributed by atoms with Crippen LogP contribution >= 0.6 is 0 Å². The van der Waals surface area contributed by atoms with Crippen LogP contribution < -0.4 is 5.48 Å². The smallest absolute Gasteiger partial charge is 0.180 e. The zero-order chi connectivity index (χ0) is 6.69. The molecule has 0 amide bonds. The summed E-state index contributed by atoms with van der Waals surface area (Å²) in [5.41, 5.74) is 1.91. The Morgan fingerprint density at radius 2 is 2.00 bits per heavy atom. The quantitative estimate of drug-likeness (QED) is 0.404. The number of hydroxylamine groups is 1. The number of aliphatic hydroxyl groups is 1. The summed E-state index contributed by atoms with van der Waals surface area (Å²) < 4.78 is 0. The van der Waals surface area contributed by atoms with Gasteiger partial charge in [-0.25, -0.2) is 0 Å². The fourth-order valence-electron chi connectivity index (χ4n) is 0.591. The van der Waals surface area contributed by atoms with Crippen LogP contribution in [-0.2, 0) is 0 Å². The zero-order valence-electron chi connectivity index (χ0n) is 4.66. The lowest BCUT2D eigenvalue weighted by Crippen LogP contribution is -2.03. The van der Waals surface area contributed by atoms with Crippen molar-refractivity contribution in [2.45, 2.75) is 0 Å². The molecule has 0 saturated carbocycles. The molecule has 0 atom stereocenters. The van der Waals surface area contributed by atoms with E-state index in [1.54, 1.807) is 24.3 Å². The lowest BCUT2D eigenvalue weighted by molar-refractivity contribution is 0.379. The second kappa shape index (κ2) is 2.37. The van der Waals surface area contributed by atoms with E-state index in [2.05, 4.69) is 0 Å². The van der Waals surface area contributed by atoms with Crippen molar-refractivity contribution >= 4 is 0 Å². The SMILES string of the molecule is [O-]NC(O)=C1C=CC=C1. The highest BCUT2D eigenvalue weighted by atomic mass is 16.5. The molecule has 0 heterocycles. The molecule has 3 heteroatoms. The van der Waals surface area contributed by atoms with Gasteiger partial charge in [-0.05, 0) is 12.2 Å². The van der Waals surface area contributed by atoms with Gasteiger partial charge < -0.3 is 15.8 Å². The van der Waals surface area contributed by atoms with Crippen molar-refractivity contribution in [1.29, 1.82) is 0 Å². The van der Waals surface area contributed by atoms with E-state index in [1.807, 2.05) is 0 Å². The third kappa shape index (κ3) is 1.12. The zero-order valence-corrected chi connectivity index (χ0v) is 4.66. The largest absolute Gasteiger partial charge is 0.759 e. The van der Waals surface area contributed by atoms with E-state index >= 15 is 0 Å². The molecule has 0 aromatic heterocycles. The van der Waals surface area contributed by atoms with Crippen molar-refractivity contribution in [2.24, 2.45) is 0 Å². The van der Waals surface area contributed by atoms with Crippen molar-refractivity contribution in [3.63, 3.8) is 0 Å². The molecule has 9 heavy (non-hydrogen) atoms. The minimum Gasteiger partial charge on any atom is -0.759 e. The van der Waals surface area contributed by atoms with Gasteiger partial charge in [0, 0.05) is 5.57 Å². The van der Waals surface area contributed by atoms with E-state index in [4.69, 9.17) is 5.11 Å². The van der Waals surface area contributed by atoms with E-state index in [0.29, 0.717) is 5.57 Å². The van der Waals surface area contributed by atoms with Crippen LogP contribution in [0.5, 0.6) is 0 Å². The van der Waals surface area contributed by atoms with Gasteiger partial charge >= 0.3 is 0 Å². The summed E-state index contributed by atoms with van der Waals surface area (Å²) >= 11 is 0. The first-order valence-electron chi connectivity index (χ1n) is 2.51. The van der Waals surface area contributed by atoms with Gasteiger partial charge in [-0.2, -0.15) is 0 Å². The van der Waals surface area contributed by atoms with Crippen molar-refractivity contribution in [3.8, 4) is 0 Å². The summed E-state index contributed by atoms with van der Waals surface area (Å²) in [6, 6.07) is 0. The topological polar surface area (TPSA) is 55.3 Å². The second-order valence-electron chi connectivity index (χ2n) is 1.62. The third-order valence-electron chi connectivity index (χ3n) is 1.03. The van der Waals surface area contributed by atoms with Crippen LogP contribution in [-0.4, -0.2) is 5.11 Å². The molecular formula is C6H6NO2-. The number of hydrogen-bond donors (Lipinski definition) is 2. The van der Waals surface area contributed by atoms with E-state index < -0.39 is 0 Å². The van der Waals surface area contributed by atoms with Crippen LogP contribution in [0.25, 0.3) is 0 Å². The molecule has 0 aromatic carbocycles. The predicted molar refractivity (Wildman–Crippen MR) is 34.4 cm³/mol. The molecule has 0 radical (unpaired) electrons. The van der Waals surface area contributed by atoms with Gasteiger partial charge in [0.15, 0.2) is 5.88 Å². The number of rotatable bonds is 1. The number of nitrogens with one attached hydrogen (secondary N) is 1. The van der Waals surface area contributed by atoms with Gasteiger partial charge in [0.2, 0.25) is 0 Å². The minimum atomic E-state index is -0.333. The van der Waals surface area contributed by atoms with E-state index in [9.17, 15) is 5.21 Å². The summed E-state index contributed by atoms with van der Waals surface area (Å²) in [5.74, 6) is -0.333. The fraction of sp³-hybridized carbons (Fsp3) is 0. The monoisotopic (exact) mass is 124 g/mol. The highest BCUT2D eigenvalue weighted by Gasteiger charge is 1.95. The Hall–Kier alpha value is -1.22. The standard InChI is InChI=1S/C6H6NO2/c8-6(7-9)5-3-1-2-4-5/h1-4,7-8H/q-1. The molecule has 1 aliphatic rings. The maximum atomic E-state index is 9.79. The third-order valence-corrected chi connectivity index (χ3v) is 1.03. The molecule has 0 aliphatic heterocycles. The van der Waals surface area contributed by atoms with Crippen LogP contribution in [0.4, 0.5) is 0 Å². The minimum absolute atomic E-state index is 0.333. The first-order valence-corrected chi connectivity index (χ1v) is 2.51. The molecule has 0 spiro atoms. The summed E-state index contributed by atoms with van der Waals surface area (Å²) in [6.07, 6.45) is 6.76. The Morgan fingerprint density at radius 1 is 1.44 bits per heavy atom.